The molecule has 114 valence electrons. The lowest BCUT2D eigenvalue weighted by Crippen LogP contribution is -2.58. The second-order valence-electron chi connectivity index (χ2n) is 7.62. The van der Waals surface area contributed by atoms with Crippen LogP contribution in [0.25, 0.3) is 0 Å². The summed E-state index contributed by atoms with van der Waals surface area (Å²) in [6, 6.07) is 0.208. The second kappa shape index (κ2) is 5.67. The molecule has 2 N–H and O–H groups in total. The number of nitrogens with two attached hydrogens (primary N) is 1. The minimum atomic E-state index is -0.280. The van der Waals surface area contributed by atoms with E-state index >= 15 is 0 Å². The maximum absolute atomic E-state index is 12.6. The molecule has 4 rings (SSSR count). The zero-order valence-electron chi connectivity index (χ0n) is 13.1. The van der Waals surface area contributed by atoms with Crippen LogP contribution in [0.3, 0.4) is 0 Å². The third-order valence-electron chi connectivity index (χ3n) is 6.16. The SMILES string of the molecule is CCCCC(N)C(=O)N(C)C1C2CC3CC(C2)CC1C3. The van der Waals surface area contributed by atoms with Crippen LogP contribution in [0.4, 0.5) is 0 Å². The average molecular weight is 278 g/mol. The smallest absolute Gasteiger partial charge is 0.239 e. The molecule has 0 aliphatic heterocycles. The van der Waals surface area contributed by atoms with E-state index in [0.717, 1.165) is 42.9 Å². The van der Waals surface area contributed by atoms with E-state index in [1.54, 1.807) is 0 Å². The molecule has 0 aromatic heterocycles. The van der Waals surface area contributed by atoms with E-state index in [1.807, 2.05) is 11.9 Å². The summed E-state index contributed by atoms with van der Waals surface area (Å²) in [5, 5.41) is 0. The standard InChI is InChI=1S/C17H30N2O/c1-3-4-5-15(18)17(20)19(2)16-13-7-11-6-12(9-13)10-14(16)8-11/h11-16H,3-10,18H2,1-2H3. The molecular weight excluding hydrogens is 248 g/mol. The van der Waals surface area contributed by atoms with Crippen LogP contribution in [0.5, 0.6) is 0 Å². The Morgan fingerprint density at radius 2 is 1.70 bits per heavy atom. The average Bonchev–Trinajstić information content (AvgIpc) is 2.42. The summed E-state index contributed by atoms with van der Waals surface area (Å²) >= 11 is 0. The molecule has 3 heteroatoms. The molecule has 0 aromatic rings. The van der Waals surface area contributed by atoms with Gasteiger partial charge in [0, 0.05) is 13.1 Å². The van der Waals surface area contributed by atoms with Gasteiger partial charge in [0.1, 0.15) is 0 Å². The Balaban J connectivity index is 1.65. The van der Waals surface area contributed by atoms with Crippen LogP contribution in [-0.4, -0.2) is 29.9 Å². The first-order valence-electron chi connectivity index (χ1n) is 8.62. The highest BCUT2D eigenvalue weighted by atomic mass is 16.2. The Morgan fingerprint density at radius 1 is 1.15 bits per heavy atom. The highest BCUT2D eigenvalue weighted by Crippen LogP contribution is 2.54. The molecule has 1 atom stereocenters. The third-order valence-corrected chi connectivity index (χ3v) is 6.16. The van der Waals surface area contributed by atoms with Crippen molar-refractivity contribution in [1.82, 2.24) is 4.90 Å². The Morgan fingerprint density at radius 3 is 2.20 bits per heavy atom. The van der Waals surface area contributed by atoms with Gasteiger partial charge in [-0.25, -0.2) is 0 Å². The Bertz CT molecular complexity index is 340. The fourth-order valence-corrected chi connectivity index (χ4v) is 5.48. The fraction of sp³-hybridized carbons (Fsp3) is 0.941. The van der Waals surface area contributed by atoms with Crippen LogP contribution in [0.1, 0.15) is 58.3 Å². The molecule has 4 aliphatic carbocycles. The van der Waals surface area contributed by atoms with Crippen LogP contribution < -0.4 is 5.73 Å². The summed E-state index contributed by atoms with van der Waals surface area (Å²) < 4.78 is 0. The van der Waals surface area contributed by atoms with Gasteiger partial charge in [0.25, 0.3) is 0 Å². The number of likely N-dealkylation sites (N-methyl/N-ethyl adjacent to an activating group) is 1. The number of unbranched alkanes of at least 4 members (excludes halogenated alkanes) is 1. The molecule has 1 unspecified atom stereocenters. The van der Waals surface area contributed by atoms with Gasteiger partial charge in [0.2, 0.25) is 5.91 Å². The van der Waals surface area contributed by atoms with Gasteiger partial charge in [-0.3, -0.25) is 4.79 Å². The van der Waals surface area contributed by atoms with Crippen molar-refractivity contribution in [3.8, 4) is 0 Å². The van der Waals surface area contributed by atoms with Crippen molar-refractivity contribution in [3.05, 3.63) is 0 Å². The van der Waals surface area contributed by atoms with Gasteiger partial charge in [-0.2, -0.15) is 0 Å². The molecule has 0 aromatic carbocycles. The van der Waals surface area contributed by atoms with Crippen molar-refractivity contribution < 1.29 is 4.79 Å². The molecule has 4 aliphatic rings. The predicted molar refractivity (Wildman–Crippen MR) is 81.1 cm³/mol. The monoisotopic (exact) mass is 278 g/mol. The van der Waals surface area contributed by atoms with Crippen molar-refractivity contribution in [2.75, 3.05) is 7.05 Å². The van der Waals surface area contributed by atoms with Crippen molar-refractivity contribution in [3.63, 3.8) is 0 Å². The Kier molecular flexibility index (Phi) is 4.07. The van der Waals surface area contributed by atoms with E-state index in [-0.39, 0.29) is 11.9 Å². The number of nitrogens with zero attached hydrogens (tertiary/aromatic N) is 1. The summed E-state index contributed by atoms with van der Waals surface area (Å²) in [6.07, 6.45) is 9.92. The van der Waals surface area contributed by atoms with E-state index in [0.29, 0.717) is 6.04 Å². The van der Waals surface area contributed by atoms with Crippen molar-refractivity contribution >= 4 is 5.91 Å². The van der Waals surface area contributed by atoms with Gasteiger partial charge in [-0.05, 0) is 62.2 Å². The highest BCUT2D eigenvalue weighted by Gasteiger charge is 2.50. The number of amides is 1. The quantitative estimate of drug-likeness (QED) is 0.840. The van der Waals surface area contributed by atoms with E-state index in [2.05, 4.69) is 6.92 Å². The number of hydrogen-bond acceptors (Lipinski definition) is 2. The first kappa shape index (κ1) is 14.4. The minimum absolute atomic E-state index is 0.191. The molecule has 4 bridgehead atoms. The molecule has 0 heterocycles. The summed E-state index contributed by atoms with van der Waals surface area (Å²) in [5.41, 5.74) is 6.11. The summed E-state index contributed by atoms with van der Waals surface area (Å²) in [5.74, 6) is 3.64. The fourth-order valence-electron chi connectivity index (χ4n) is 5.48. The lowest BCUT2D eigenvalue weighted by Gasteiger charge is -2.56. The predicted octanol–water partition coefficient (Wildman–Crippen LogP) is 2.79. The van der Waals surface area contributed by atoms with Crippen LogP contribution in [0, 0.1) is 23.7 Å². The topological polar surface area (TPSA) is 46.3 Å². The molecule has 0 spiro atoms. The summed E-state index contributed by atoms with van der Waals surface area (Å²) in [7, 11) is 2.01. The Hall–Kier alpha value is -0.570. The molecule has 20 heavy (non-hydrogen) atoms. The van der Waals surface area contributed by atoms with Crippen LogP contribution >= 0.6 is 0 Å². The number of hydrogen-bond donors (Lipinski definition) is 1. The van der Waals surface area contributed by atoms with Crippen molar-refractivity contribution in [2.45, 2.75) is 70.4 Å². The maximum atomic E-state index is 12.6. The number of rotatable bonds is 5. The van der Waals surface area contributed by atoms with Crippen LogP contribution in [0.15, 0.2) is 0 Å². The first-order chi connectivity index (χ1) is 9.60. The van der Waals surface area contributed by atoms with Crippen LogP contribution in [-0.2, 0) is 4.79 Å². The molecule has 0 saturated heterocycles. The van der Waals surface area contributed by atoms with Gasteiger partial charge in [0.05, 0.1) is 6.04 Å². The molecule has 0 radical (unpaired) electrons. The molecule has 3 nitrogen and oxygen atoms in total. The third kappa shape index (κ3) is 2.49. The van der Waals surface area contributed by atoms with Gasteiger partial charge in [-0.15, -0.1) is 0 Å². The lowest BCUT2D eigenvalue weighted by atomic mass is 9.54. The van der Waals surface area contributed by atoms with Gasteiger partial charge < -0.3 is 10.6 Å². The van der Waals surface area contributed by atoms with E-state index in [1.165, 1.54) is 32.1 Å². The first-order valence-corrected chi connectivity index (χ1v) is 8.62. The van der Waals surface area contributed by atoms with Crippen molar-refractivity contribution in [1.29, 1.82) is 0 Å². The van der Waals surface area contributed by atoms with E-state index < -0.39 is 0 Å². The highest BCUT2D eigenvalue weighted by molar-refractivity contribution is 5.81. The van der Waals surface area contributed by atoms with Gasteiger partial charge >= 0.3 is 0 Å². The Labute approximate surface area is 123 Å². The number of carbonyl (C=O) groups excluding carboxylic acids is 1. The molecule has 1 amide bonds. The molecular formula is C17H30N2O. The van der Waals surface area contributed by atoms with Crippen molar-refractivity contribution in [2.24, 2.45) is 29.4 Å². The van der Waals surface area contributed by atoms with Gasteiger partial charge in [0.15, 0.2) is 0 Å². The summed E-state index contributed by atoms with van der Waals surface area (Å²) in [4.78, 5) is 14.6. The second-order valence-corrected chi connectivity index (χ2v) is 7.62. The van der Waals surface area contributed by atoms with E-state index in [4.69, 9.17) is 5.73 Å². The largest absolute Gasteiger partial charge is 0.341 e. The zero-order chi connectivity index (χ0) is 14.3. The van der Waals surface area contributed by atoms with Gasteiger partial charge in [-0.1, -0.05) is 19.8 Å². The maximum Gasteiger partial charge on any atom is 0.239 e. The molecule has 4 fully saturated rings. The van der Waals surface area contributed by atoms with E-state index in [9.17, 15) is 4.79 Å². The number of carbonyl (C=O) groups is 1. The lowest BCUT2D eigenvalue weighted by molar-refractivity contribution is -0.142. The summed E-state index contributed by atoms with van der Waals surface area (Å²) in [6.45, 7) is 2.15. The zero-order valence-corrected chi connectivity index (χ0v) is 13.1. The van der Waals surface area contributed by atoms with Crippen LogP contribution in [0.2, 0.25) is 0 Å². The minimum Gasteiger partial charge on any atom is -0.341 e. The normalized spacial score (nSPS) is 39.9. The molecule has 4 saturated carbocycles.